The van der Waals surface area contributed by atoms with E-state index in [1.165, 1.54) is 32.1 Å². The van der Waals surface area contributed by atoms with E-state index < -0.39 is 0 Å². The monoisotopic (exact) mass is 418 g/mol. The summed E-state index contributed by atoms with van der Waals surface area (Å²) in [5.41, 5.74) is 1.10. The Morgan fingerprint density at radius 1 is 1.13 bits per heavy atom. The number of methoxy groups -OCH3 is 1. The maximum absolute atomic E-state index is 12.6. The summed E-state index contributed by atoms with van der Waals surface area (Å²) >= 11 is 0. The van der Waals surface area contributed by atoms with Crippen molar-refractivity contribution in [3.05, 3.63) is 17.7 Å². The van der Waals surface area contributed by atoms with Gasteiger partial charge in [-0.25, -0.2) is 0 Å². The highest BCUT2D eigenvalue weighted by Crippen LogP contribution is 2.40. The highest BCUT2D eigenvalue weighted by molar-refractivity contribution is 5.76. The molecule has 6 nitrogen and oxygen atoms in total. The normalized spacial score (nSPS) is 17.0. The SMILES string of the molecule is CCCCCCCC(=O)N[C@@H](Cc1cc(OC)c2c(c1)OCCO2)CN1CCCC1. The summed E-state index contributed by atoms with van der Waals surface area (Å²) in [6.07, 6.45) is 9.67. The molecule has 2 aliphatic heterocycles. The number of carbonyl (C=O) groups is 1. The van der Waals surface area contributed by atoms with E-state index >= 15 is 0 Å². The maximum atomic E-state index is 12.6. The molecule has 168 valence electrons. The van der Waals surface area contributed by atoms with Crippen LogP contribution in [0.5, 0.6) is 17.2 Å². The van der Waals surface area contributed by atoms with Gasteiger partial charge in [-0.1, -0.05) is 32.6 Å². The molecule has 2 aliphatic rings. The maximum Gasteiger partial charge on any atom is 0.220 e. The van der Waals surface area contributed by atoms with Crippen LogP contribution in [-0.4, -0.2) is 56.8 Å². The van der Waals surface area contributed by atoms with Crippen LogP contribution in [-0.2, 0) is 11.2 Å². The molecule has 1 amide bonds. The minimum atomic E-state index is 0.0820. The minimum absolute atomic E-state index is 0.0820. The largest absolute Gasteiger partial charge is 0.493 e. The molecule has 0 aromatic heterocycles. The van der Waals surface area contributed by atoms with Crippen molar-refractivity contribution in [1.82, 2.24) is 10.2 Å². The van der Waals surface area contributed by atoms with E-state index in [1.807, 2.05) is 12.1 Å². The number of nitrogens with zero attached hydrogens (tertiary/aromatic N) is 1. The molecule has 1 aromatic rings. The quantitative estimate of drug-likeness (QED) is 0.521. The van der Waals surface area contributed by atoms with E-state index in [0.29, 0.717) is 31.1 Å². The first-order chi connectivity index (χ1) is 14.7. The van der Waals surface area contributed by atoms with Gasteiger partial charge in [0.15, 0.2) is 11.5 Å². The van der Waals surface area contributed by atoms with Crippen molar-refractivity contribution in [2.24, 2.45) is 0 Å². The first kappa shape index (κ1) is 22.7. The van der Waals surface area contributed by atoms with Gasteiger partial charge < -0.3 is 24.4 Å². The third-order valence-corrected chi connectivity index (χ3v) is 5.92. The molecule has 0 bridgehead atoms. The summed E-state index contributed by atoms with van der Waals surface area (Å²) in [5.74, 6) is 2.28. The summed E-state index contributed by atoms with van der Waals surface area (Å²) in [6.45, 7) is 6.42. The molecule has 1 aromatic carbocycles. The lowest BCUT2D eigenvalue weighted by Gasteiger charge is -2.26. The smallest absolute Gasteiger partial charge is 0.220 e. The van der Waals surface area contributed by atoms with E-state index in [1.54, 1.807) is 7.11 Å². The molecule has 3 rings (SSSR count). The molecule has 0 radical (unpaired) electrons. The summed E-state index contributed by atoms with van der Waals surface area (Å²) in [6, 6.07) is 4.13. The van der Waals surface area contributed by atoms with Crippen LogP contribution < -0.4 is 19.5 Å². The molecular weight excluding hydrogens is 380 g/mol. The Hall–Kier alpha value is -1.95. The molecule has 1 atom stereocenters. The Morgan fingerprint density at radius 2 is 1.90 bits per heavy atom. The molecule has 0 saturated carbocycles. The third kappa shape index (κ3) is 6.79. The van der Waals surface area contributed by atoms with Crippen LogP contribution in [0.2, 0.25) is 0 Å². The van der Waals surface area contributed by atoms with Crippen molar-refractivity contribution < 1.29 is 19.0 Å². The molecule has 2 heterocycles. The highest BCUT2D eigenvalue weighted by Gasteiger charge is 2.23. The third-order valence-electron chi connectivity index (χ3n) is 5.92. The van der Waals surface area contributed by atoms with Crippen LogP contribution in [0.3, 0.4) is 0 Å². The zero-order valence-corrected chi connectivity index (χ0v) is 18.7. The fourth-order valence-corrected chi connectivity index (χ4v) is 4.36. The Bertz CT molecular complexity index is 656. The first-order valence-corrected chi connectivity index (χ1v) is 11.7. The molecule has 30 heavy (non-hydrogen) atoms. The molecule has 0 spiro atoms. The van der Waals surface area contributed by atoms with Crippen molar-refractivity contribution >= 4 is 5.91 Å². The van der Waals surface area contributed by atoms with Gasteiger partial charge >= 0.3 is 0 Å². The van der Waals surface area contributed by atoms with E-state index in [-0.39, 0.29) is 11.9 Å². The van der Waals surface area contributed by atoms with Crippen LogP contribution >= 0.6 is 0 Å². The number of carbonyl (C=O) groups excluding carboxylic acids is 1. The van der Waals surface area contributed by atoms with Gasteiger partial charge in [-0.2, -0.15) is 0 Å². The second kappa shape index (κ2) is 12.0. The lowest BCUT2D eigenvalue weighted by Crippen LogP contribution is -2.44. The van der Waals surface area contributed by atoms with Crippen LogP contribution in [0.25, 0.3) is 0 Å². The highest BCUT2D eigenvalue weighted by atomic mass is 16.6. The van der Waals surface area contributed by atoms with Gasteiger partial charge in [0.05, 0.1) is 7.11 Å². The fraction of sp³-hybridized carbons (Fsp3) is 0.708. The average molecular weight is 419 g/mol. The Labute approximate surface area is 181 Å². The second-order valence-electron chi connectivity index (χ2n) is 8.46. The van der Waals surface area contributed by atoms with Crippen molar-refractivity contribution in [3.63, 3.8) is 0 Å². The Balaban J connectivity index is 1.62. The number of amides is 1. The number of ether oxygens (including phenoxy) is 3. The van der Waals surface area contributed by atoms with Crippen molar-refractivity contribution in [1.29, 1.82) is 0 Å². The predicted molar refractivity (Wildman–Crippen MR) is 119 cm³/mol. The molecular formula is C24H38N2O4. The summed E-state index contributed by atoms with van der Waals surface area (Å²) < 4.78 is 17.0. The van der Waals surface area contributed by atoms with Gasteiger partial charge in [-0.05, 0) is 56.5 Å². The van der Waals surface area contributed by atoms with Gasteiger partial charge in [0.25, 0.3) is 0 Å². The van der Waals surface area contributed by atoms with E-state index in [9.17, 15) is 4.79 Å². The van der Waals surface area contributed by atoms with Gasteiger partial charge in [0.2, 0.25) is 11.7 Å². The van der Waals surface area contributed by atoms with Crippen LogP contribution in [0.4, 0.5) is 0 Å². The van der Waals surface area contributed by atoms with Crippen molar-refractivity contribution in [2.45, 2.75) is 70.8 Å². The second-order valence-corrected chi connectivity index (χ2v) is 8.46. The standard InChI is InChI=1S/C24H38N2O4/c1-3-4-5-6-7-10-23(27)25-20(18-26-11-8-9-12-26)15-19-16-21(28-2)24-22(17-19)29-13-14-30-24/h16-17,20H,3-15,18H2,1-2H3,(H,25,27)/t20-/m0/s1. The van der Waals surface area contributed by atoms with Crippen LogP contribution in [0, 0.1) is 0 Å². The zero-order valence-electron chi connectivity index (χ0n) is 18.7. The fourth-order valence-electron chi connectivity index (χ4n) is 4.36. The Morgan fingerprint density at radius 3 is 2.67 bits per heavy atom. The number of hydrogen-bond donors (Lipinski definition) is 1. The van der Waals surface area contributed by atoms with Crippen LogP contribution in [0.15, 0.2) is 12.1 Å². The summed E-state index contributed by atoms with van der Waals surface area (Å²) in [4.78, 5) is 15.1. The minimum Gasteiger partial charge on any atom is -0.493 e. The average Bonchev–Trinajstić information content (AvgIpc) is 3.26. The van der Waals surface area contributed by atoms with Crippen LogP contribution in [0.1, 0.15) is 63.9 Å². The first-order valence-electron chi connectivity index (χ1n) is 11.7. The molecule has 1 N–H and O–H groups in total. The van der Waals surface area contributed by atoms with Crippen molar-refractivity contribution in [2.75, 3.05) is 40.0 Å². The Kier molecular flexibility index (Phi) is 9.12. The van der Waals surface area contributed by atoms with Gasteiger partial charge in [-0.15, -0.1) is 0 Å². The number of rotatable bonds is 12. The van der Waals surface area contributed by atoms with E-state index in [4.69, 9.17) is 14.2 Å². The number of nitrogens with one attached hydrogen (secondary N) is 1. The van der Waals surface area contributed by atoms with E-state index in [0.717, 1.165) is 50.2 Å². The van der Waals surface area contributed by atoms with Gasteiger partial charge in [0.1, 0.15) is 13.2 Å². The molecule has 6 heteroatoms. The number of unbranched alkanes of at least 4 members (excludes halogenated alkanes) is 4. The van der Waals surface area contributed by atoms with Gasteiger partial charge in [0, 0.05) is 19.0 Å². The number of likely N-dealkylation sites (tertiary alicyclic amines) is 1. The topological polar surface area (TPSA) is 60.0 Å². The predicted octanol–water partition coefficient (Wildman–Crippen LogP) is 3.95. The van der Waals surface area contributed by atoms with Crippen molar-refractivity contribution in [3.8, 4) is 17.2 Å². The molecule has 0 aliphatic carbocycles. The number of fused-ring (bicyclic) bond motifs is 1. The number of benzene rings is 1. The lowest BCUT2D eigenvalue weighted by atomic mass is 10.0. The summed E-state index contributed by atoms with van der Waals surface area (Å²) in [7, 11) is 1.65. The molecule has 0 unspecified atom stereocenters. The zero-order chi connectivity index (χ0) is 21.2. The lowest BCUT2D eigenvalue weighted by molar-refractivity contribution is -0.122. The molecule has 1 saturated heterocycles. The summed E-state index contributed by atoms with van der Waals surface area (Å²) in [5, 5.41) is 3.31. The van der Waals surface area contributed by atoms with E-state index in [2.05, 4.69) is 17.1 Å². The van der Waals surface area contributed by atoms with Gasteiger partial charge in [-0.3, -0.25) is 4.79 Å². The number of hydrogen-bond acceptors (Lipinski definition) is 5. The molecule has 1 fully saturated rings.